The summed E-state index contributed by atoms with van der Waals surface area (Å²) in [6.07, 6.45) is 4.72. The number of hydrogen-bond donors (Lipinski definition) is 2. The predicted octanol–water partition coefficient (Wildman–Crippen LogP) is 1.49. The quantitative estimate of drug-likeness (QED) is 0.885. The number of nitrogens with one attached hydrogen (secondary N) is 2. The minimum atomic E-state index is 0.0151. The molecule has 4 rings (SSSR count). The Morgan fingerprint density at radius 1 is 1.33 bits per heavy atom. The molecule has 1 saturated carbocycles. The average Bonchev–Trinajstić information content (AvgIpc) is 3.18. The number of amides is 1. The van der Waals surface area contributed by atoms with Gasteiger partial charge in [-0.25, -0.2) is 0 Å². The number of carbonyl (C=O) groups is 1. The lowest BCUT2D eigenvalue weighted by molar-refractivity contribution is -0.124. The van der Waals surface area contributed by atoms with Crippen molar-refractivity contribution in [3.05, 3.63) is 29.8 Å². The first-order valence-corrected chi connectivity index (χ1v) is 8.07. The first-order valence-electron chi connectivity index (χ1n) is 8.07. The number of rotatable bonds is 3. The van der Waals surface area contributed by atoms with E-state index in [0.717, 1.165) is 18.7 Å². The van der Waals surface area contributed by atoms with E-state index in [4.69, 9.17) is 4.74 Å². The minimum Gasteiger partial charge on any atom is -0.488 e. The number of fused-ring (bicyclic) bond motifs is 2. The molecule has 1 aromatic carbocycles. The molecule has 1 aliphatic carbocycles. The molecule has 1 saturated heterocycles. The molecule has 112 valence electrons. The van der Waals surface area contributed by atoms with E-state index in [1.807, 2.05) is 18.2 Å². The van der Waals surface area contributed by atoms with Gasteiger partial charge in [0.25, 0.3) is 0 Å². The van der Waals surface area contributed by atoms with Gasteiger partial charge in [0.1, 0.15) is 11.9 Å². The average molecular weight is 286 g/mol. The molecule has 4 heteroatoms. The maximum Gasteiger partial charge on any atom is 0.237 e. The molecule has 4 unspecified atom stereocenters. The highest BCUT2D eigenvalue weighted by molar-refractivity contribution is 5.82. The standard InChI is InChI=1S/C17H22N2O2/c20-17(16-14-6-3-5-12(14)9-18-16)19-10-13-8-11-4-1-2-7-15(11)21-13/h1-2,4,7,12-14,16,18H,3,5-6,8-10H2,(H,19,20). The first kappa shape index (κ1) is 13.1. The second-order valence-corrected chi connectivity index (χ2v) is 6.54. The van der Waals surface area contributed by atoms with Gasteiger partial charge in [-0.15, -0.1) is 0 Å². The molecule has 1 amide bonds. The van der Waals surface area contributed by atoms with E-state index in [1.165, 1.54) is 24.8 Å². The van der Waals surface area contributed by atoms with Crippen LogP contribution in [-0.2, 0) is 11.2 Å². The molecule has 3 aliphatic rings. The molecule has 4 nitrogen and oxygen atoms in total. The summed E-state index contributed by atoms with van der Waals surface area (Å²) in [7, 11) is 0. The zero-order valence-electron chi connectivity index (χ0n) is 12.2. The number of benzene rings is 1. The van der Waals surface area contributed by atoms with Crippen molar-refractivity contribution in [1.29, 1.82) is 0 Å². The summed E-state index contributed by atoms with van der Waals surface area (Å²) >= 11 is 0. The van der Waals surface area contributed by atoms with Gasteiger partial charge in [0.15, 0.2) is 0 Å². The third-order valence-corrected chi connectivity index (χ3v) is 5.25. The largest absolute Gasteiger partial charge is 0.488 e. The van der Waals surface area contributed by atoms with Gasteiger partial charge >= 0.3 is 0 Å². The number of hydrogen-bond acceptors (Lipinski definition) is 3. The van der Waals surface area contributed by atoms with Crippen LogP contribution in [0.5, 0.6) is 5.75 Å². The lowest BCUT2D eigenvalue weighted by Gasteiger charge is -2.19. The maximum absolute atomic E-state index is 12.4. The Kier molecular flexibility index (Phi) is 3.34. The molecular weight excluding hydrogens is 264 g/mol. The molecule has 21 heavy (non-hydrogen) atoms. The summed E-state index contributed by atoms with van der Waals surface area (Å²) < 4.78 is 5.87. The van der Waals surface area contributed by atoms with Gasteiger partial charge in [0.2, 0.25) is 5.91 Å². The van der Waals surface area contributed by atoms with Crippen LogP contribution in [0.15, 0.2) is 24.3 Å². The zero-order chi connectivity index (χ0) is 14.2. The molecule has 2 N–H and O–H groups in total. The van der Waals surface area contributed by atoms with Gasteiger partial charge in [-0.1, -0.05) is 24.6 Å². The van der Waals surface area contributed by atoms with Crippen molar-refractivity contribution in [2.24, 2.45) is 11.8 Å². The van der Waals surface area contributed by atoms with Crippen LogP contribution in [0.1, 0.15) is 24.8 Å². The molecule has 0 bridgehead atoms. The highest BCUT2D eigenvalue weighted by Crippen LogP contribution is 2.37. The van der Waals surface area contributed by atoms with Gasteiger partial charge in [-0.05, 0) is 42.9 Å². The fourth-order valence-electron chi connectivity index (χ4n) is 4.17. The van der Waals surface area contributed by atoms with Crippen molar-refractivity contribution in [2.45, 2.75) is 37.8 Å². The molecule has 2 aliphatic heterocycles. The van der Waals surface area contributed by atoms with Crippen LogP contribution in [0.3, 0.4) is 0 Å². The van der Waals surface area contributed by atoms with Crippen LogP contribution in [0.2, 0.25) is 0 Å². The third kappa shape index (κ3) is 2.42. The summed E-state index contributed by atoms with van der Waals surface area (Å²) in [5.74, 6) is 2.38. The summed E-state index contributed by atoms with van der Waals surface area (Å²) in [6.45, 7) is 1.61. The molecule has 1 aromatic rings. The van der Waals surface area contributed by atoms with Crippen molar-refractivity contribution < 1.29 is 9.53 Å². The first-order chi connectivity index (χ1) is 10.3. The Balaban J connectivity index is 1.31. The summed E-state index contributed by atoms with van der Waals surface area (Å²) in [4.78, 5) is 12.4. The minimum absolute atomic E-state index is 0.0151. The Hall–Kier alpha value is -1.55. The van der Waals surface area contributed by atoms with Gasteiger partial charge in [-0.3, -0.25) is 4.79 Å². The normalized spacial score (nSPS) is 33.3. The fourth-order valence-corrected chi connectivity index (χ4v) is 4.17. The monoisotopic (exact) mass is 286 g/mol. The fraction of sp³-hybridized carbons (Fsp3) is 0.588. The third-order valence-electron chi connectivity index (χ3n) is 5.25. The van der Waals surface area contributed by atoms with Crippen LogP contribution in [0, 0.1) is 11.8 Å². The topological polar surface area (TPSA) is 50.4 Å². The molecule has 2 fully saturated rings. The second-order valence-electron chi connectivity index (χ2n) is 6.54. The van der Waals surface area contributed by atoms with Crippen LogP contribution in [-0.4, -0.2) is 31.1 Å². The van der Waals surface area contributed by atoms with E-state index >= 15 is 0 Å². The highest BCUT2D eigenvalue weighted by atomic mass is 16.5. The van der Waals surface area contributed by atoms with Gasteiger partial charge in [0, 0.05) is 6.42 Å². The Morgan fingerprint density at radius 3 is 3.14 bits per heavy atom. The van der Waals surface area contributed by atoms with Gasteiger partial charge < -0.3 is 15.4 Å². The van der Waals surface area contributed by atoms with E-state index in [-0.39, 0.29) is 18.1 Å². The van der Waals surface area contributed by atoms with Crippen molar-refractivity contribution in [1.82, 2.24) is 10.6 Å². The van der Waals surface area contributed by atoms with Crippen LogP contribution in [0.4, 0.5) is 0 Å². The molecule has 0 aromatic heterocycles. The second kappa shape index (κ2) is 5.34. The van der Waals surface area contributed by atoms with E-state index in [2.05, 4.69) is 16.7 Å². The number of para-hydroxylation sites is 1. The molecule has 2 heterocycles. The highest BCUT2D eigenvalue weighted by Gasteiger charge is 2.42. The Labute approximate surface area is 125 Å². The van der Waals surface area contributed by atoms with Crippen LogP contribution >= 0.6 is 0 Å². The van der Waals surface area contributed by atoms with E-state index in [1.54, 1.807) is 0 Å². The predicted molar refractivity (Wildman–Crippen MR) is 80.2 cm³/mol. The van der Waals surface area contributed by atoms with Crippen molar-refractivity contribution in [2.75, 3.05) is 13.1 Å². The van der Waals surface area contributed by atoms with Crippen molar-refractivity contribution in [3.63, 3.8) is 0 Å². The van der Waals surface area contributed by atoms with Crippen LogP contribution in [0.25, 0.3) is 0 Å². The lowest BCUT2D eigenvalue weighted by atomic mass is 9.93. The zero-order valence-corrected chi connectivity index (χ0v) is 12.2. The SMILES string of the molecule is O=C(NCC1Cc2ccccc2O1)C1NCC2CCCC21. The molecule has 0 radical (unpaired) electrons. The summed E-state index contributed by atoms with van der Waals surface area (Å²) in [6, 6.07) is 8.13. The van der Waals surface area contributed by atoms with Crippen LogP contribution < -0.4 is 15.4 Å². The van der Waals surface area contributed by atoms with Gasteiger partial charge in [0.05, 0.1) is 12.6 Å². The summed E-state index contributed by atoms with van der Waals surface area (Å²) in [5, 5.41) is 6.49. The van der Waals surface area contributed by atoms with E-state index in [0.29, 0.717) is 18.4 Å². The smallest absolute Gasteiger partial charge is 0.237 e. The molecule has 0 spiro atoms. The van der Waals surface area contributed by atoms with E-state index in [9.17, 15) is 4.79 Å². The number of carbonyl (C=O) groups excluding carboxylic acids is 1. The molecule has 4 atom stereocenters. The Bertz CT molecular complexity index is 520. The maximum atomic E-state index is 12.4. The summed E-state index contributed by atoms with van der Waals surface area (Å²) in [5.41, 5.74) is 1.24. The van der Waals surface area contributed by atoms with Gasteiger partial charge in [-0.2, -0.15) is 0 Å². The van der Waals surface area contributed by atoms with E-state index < -0.39 is 0 Å². The number of ether oxygens (including phenoxy) is 1. The van der Waals surface area contributed by atoms with Crippen molar-refractivity contribution in [3.8, 4) is 5.75 Å². The van der Waals surface area contributed by atoms with Crippen molar-refractivity contribution >= 4 is 5.91 Å². The molecular formula is C17H22N2O2. The lowest BCUT2D eigenvalue weighted by Crippen LogP contribution is -2.46. The Morgan fingerprint density at radius 2 is 2.24 bits per heavy atom.